The van der Waals surface area contributed by atoms with E-state index in [1.54, 1.807) is 23.2 Å². The third-order valence-corrected chi connectivity index (χ3v) is 5.14. The summed E-state index contributed by atoms with van der Waals surface area (Å²) in [5, 5.41) is 13.1. The second-order valence-corrected chi connectivity index (χ2v) is 7.39. The summed E-state index contributed by atoms with van der Waals surface area (Å²) in [5.41, 5.74) is 0.482. The summed E-state index contributed by atoms with van der Waals surface area (Å²) < 4.78 is 11.7. The van der Waals surface area contributed by atoms with Gasteiger partial charge in [-0.1, -0.05) is 6.92 Å². The van der Waals surface area contributed by atoms with Gasteiger partial charge < -0.3 is 24.8 Å². The maximum absolute atomic E-state index is 13.1. The molecular formula is C20H29N3O5. The Kier molecular flexibility index (Phi) is 7.36. The minimum Gasteiger partial charge on any atom is -0.389 e. The Bertz CT molecular complexity index is 657. The average Bonchev–Trinajstić information content (AvgIpc) is 2.70. The van der Waals surface area contributed by atoms with Crippen molar-refractivity contribution in [2.45, 2.75) is 57.0 Å². The molecule has 4 atom stereocenters. The number of nitrogens with zero attached hydrogens (tertiary/aromatic N) is 2. The van der Waals surface area contributed by atoms with E-state index in [0.29, 0.717) is 31.4 Å². The van der Waals surface area contributed by atoms with Crippen molar-refractivity contribution in [2.24, 2.45) is 0 Å². The van der Waals surface area contributed by atoms with Gasteiger partial charge in [-0.15, -0.1) is 0 Å². The highest BCUT2D eigenvalue weighted by molar-refractivity contribution is 5.94. The van der Waals surface area contributed by atoms with Crippen molar-refractivity contribution in [3.8, 4) is 0 Å². The van der Waals surface area contributed by atoms with Crippen LogP contribution in [0.4, 0.5) is 0 Å². The van der Waals surface area contributed by atoms with Gasteiger partial charge >= 0.3 is 0 Å². The van der Waals surface area contributed by atoms with Gasteiger partial charge in [0.15, 0.2) is 0 Å². The highest BCUT2D eigenvalue weighted by atomic mass is 16.5. The molecule has 1 aromatic heterocycles. The van der Waals surface area contributed by atoms with Gasteiger partial charge in [-0.2, -0.15) is 0 Å². The highest BCUT2D eigenvalue weighted by Crippen LogP contribution is 2.28. The van der Waals surface area contributed by atoms with Crippen molar-refractivity contribution >= 4 is 11.8 Å². The molecule has 154 valence electrons. The van der Waals surface area contributed by atoms with Crippen molar-refractivity contribution < 1.29 is 24.2 Å². The zero-order valence-electron chi connectivity index (χ0n) is 16.3. The molecular weight excluding hydrogens is 362 g/mol. The van der Waals surface area contributed by atoms with Crippen molar-refractivity contribution in [1.29, 1.82) is 0 Å². The molecule has 0 aromatic carbocycles. The zero-order chi connectivity index (χ0) is 19.9. The summed E-state index contributed by atoms with van der Waals surface area (Å²) in [6, 6.07) is 3.23. The van der Waals surface area contributed by atoms with Crippen LogP contribution in [0.1, 0.15) is 43.0 Å². The van der Waals surface area contributed by atoms with E-state index >= 15 is 0 Å². The van der Waals surface area contributed by atoms with Gasteiger partial charge in [0.05, 0.1) is 43.4 Å². The maximum Gasteiger partial charge on any atom is 0.255 e. The first-order valence-electron chi connectivity index (χ1n) is 9.97. The number of pyridine rings is 1. The smallest absolute Gasteiger partial charge is 0.255 e. The Labute approximate surface area is 165 Å². The van der Waals surface area contributed by atoms with E-state index in [4.69, 9.17) is 9.47 Å². The normalized spacial score (nSPS) is 28.0. The topological polar surface area (TPSA) is 101 Å². The largest absolute Gasteiger partial charge is 0.389 e. The summed E-state index contributed by atoms with van der Waals surface area (Å²) >= 11 is 0. The van der Waals surface area contributed by atoms with Gasteiger partial charge in [0.1, 0.15) is 6.10 Å². The van der Waals surface area contributed by atoms with Crippen LogP contribution in [0.3, 0.4) is 0 Å². The van der Waals surface area contributed by atoms with Crippen molar-refractivity contribution in [3.05, 3.63) is 30.1 Å². The molecule has 1 aromatic rings. The molecule has 0 unspecified atom stereocenters. The average molecular weight is 391 g/mol. The molecule has 0 radical (unpaired) electrons. The van der Waals surface area contributed by atoms with Crippen LogP contribution in [-0.2, 0) is 14.3 Å². The predicted octanol–water partition coefficient (Wildman–Crippen LogP) is 0.747. The number of ether oxygens (including phenoxy) is 2. The molecule has 0 bridgehead atoms. The van der Waals surface area contributed by atoms with Gasteiger partial charge in [-0.25, -0.2) is 0 Å². The summed E-state index contributed by atoms with van der Waals surface area (Å²) in [6.45, 7) is 3.28. The summed E-state index contributed by atoms with van der Waals surface area (Å²) in [5.74, 6) is -0.192. The molecule has 0 aliphatic carbocycles. The number of rotatable bonds is 5. The number of β-amino-alcohol motifs (C(OH)–C–C–N with tert-alkyl or cyclic N) is 1. The summed E-state index contributed by atoms with van der Waals surface area (Å²) in [7, 11) is 0. The van der Waals surface area contributed by atoms with Crippen LogP contribution < -0.4 is 5.32 Å². The third-order valence-electron chi connectivity index (χ3n) is 5.14. The maximum atomic E-state index is 13.1. The van der Waals surface area contributed by atoms with E-state index in [2.05, 4.69) is 10.3 Å². The van der Waals surface area contributed by atoms with Crippen LogP contribution in [0, 0.1) is 0 Å². The molecule has 2 N–H and O–H groups in total. The lowest BCUT2D eigenvalue weighted by Crippen LogP contribution is -2.57. The molecule has 3 rings (SSSR count). The van der Waals surface area contributed by atoms with Crippen molar-refractivity contribution in [3.63, 3.8) is 0 Å². The SMILES string of the molecule is CCCNC(=O)C[C@H]1CC[C@H]2[C@@H](COC[C@H](O)CN2C(=O)c2cccnc2)O1. The van der Waals surface area contributed by atoms with Crippen LogP contribution in [0.2, 0.25) is 0 Å². The predicted molar refractivity (Wildman–Crippen MR) is 102 cm³/mol. The van der Waals surface area contributed by atoms with E-state index < -0.39 is 6.10 Å². The van der Waals surface area contributed by atoms with E-state index in [1.165, 1.54) is 6.20 Å². The van der Waals surface area contributed by atoms with E-state index in [1.807, 2.05) is 6.92 Å². The Hall–Kier alpha value is -2.03. The molecule has 2 fully saturated rings. The van der Waals surface area contributed by atoms with Crippen LogP contribution in [0.15, 0.2) is 24.5 Å². The standard InChI is InChI=1S/C20H29N3O5/c1-2-7-22-19(25)9-16-5-6-17-18(28-16)13-27-12-15(24)11-23(17)20(26)14-4-3-8-21-10-14/h3-4,8,10,15-18,24H,2,5-7,9,11-13H2,1H3,(H,22,25)/t15-,16-,17+,18-/m1/s1. The molecule has 8 nitrogen and oxygen atoms in total. The molecule has 0 saturated carbocycles. The van der Waals surface area contributed by atoms with Gasteiger partial charge in [-0.3, -0.25) is 14.6 Å². The Balaban J connectivity index is 1.70. The van der Waals surface area contributed by atoms with Gasteiger partial charge in [-0.05, 0) is 31.4 Å². The van der Waals surface area contributed by atoms with Crippen molar-refractivity contribution in [1.82, 2.24) is 15.2 Å². The number of amides is 2. The Morgan fingerprint density at radius 3 is 2.96 bits per heavy atom. The monoisotopic (exact) mass is 391 g/mol. The number of nitrogens with one attached hydrogen (secondary N) is 1. The first-order valence-corrected chi connectivity index (χ1v) is 9.97. The molecule has 2 saturated heterocycles. The number of aliphatic hydroxyl groups excluding tert-OH is 1. The third kappa shape index (κ3) is 5.27. The minimum absolute atomic E-state index is 0.0178. The fraction of sp³-hybridized carbons (Fsp3) is 0.650. The quantitative estimate of drug-likeness (QED) is 0.768. The molecule has 2 aliphatic heterocycles. The van der Waals surface area contributed by atoms with Crippen molar-refractivity contribution in [2.75, 3.05) is 26.3 Å². The number of aromatic nitrogens is 1. The lowest BCUT2D eigenvalue weighted by molar-refractivity contribution is -0.150. The van der Waals surface area contributed by atoms with Gasteiger partial charge in [0.25, 0.3) is 5.91 Å². The van der Waals surface area contributed by atoms with Crippen LogP contribution >= 0.6 is 0 Å². The fourth-order valence-corrected chi connectivity index (χ4v) is 3.77. The van der Waals surface area contributed by atoms with Crippen LogP contribution in [-0.4, -0.2) is 77.5 Å². The zero-order valence-corrected chi connectivity index (χ0v) is 16.3. The molecule has 0 spiro atoms. The number of carbonyl (C=O) groups excluding carboxylic acids is 2. The molecule has 28 heavy (non-hydrogen) atoms. The lowest BCUT2D eigenvalue weighted by Gasteiger charge is -2.44. The summed E-state index contributed by atoms with van der Waals surface area (Å²) in [6.07, 6.45) is 4.45. The number of aliphatic hydroxyl groups is 1. The van der Waals surface area contributed by atoms with E-state index in [0.717, 1.165) is 6.42 Å². The number of hydrogen-bond acceptors (Lipinski definition) is 6. The number of fused-ring (bicyclic) bond motifs is 1. The lowest BCUT2D eigenvalue weighted by atomic mass is 9.94. The Morgan fingerprint density at radius 2 is 2.21 bits per heavy atom. The van der Waals surface area contributed by atoms with Gasteiger partial charge in [0.2, 0.25) is 5.91 Å². The molecule has 2 aliphatic rings. The molecule has 8 heteroatoms. The highest BCUT2D eigenvalue weighted by Gasteiger charge is 2.40. The second-order valence-electron chi connectivity index (χ2n) is 7.39. The molecule has 3 heterocycles. The van der Waals surface area contributed by atoms with E-state index in [-0.39, 0.29) is 49.8 Å². The second kappa shape index (κ2) is 9.95. The summed E-state index contributed by atoms with van der Waals surface area (Å²) in [4.78, 5) is 30.8. The van der Waals surface area contributed by atoms with Gasteiger partial charge in [0, 0.05) is 25.5 Å². The number of hydrogen-bond donors (Lipinski definition) is 2. The molecule has 2 amide bonds. The number of carbonyl (C=O) groups is 2. The van der Waals surface area contributed by atoms with Crippen LogP contribution in [0.5, 0.6) is 0 Å². The van der Waals surface area contributed by atoms with Crippen LogP contribution in [0.25, 0.3) is 0 Å². The fourth-order valence-electron chi connectivity index (χ4n) is 3.77. The minimum atomic E-state index is -0.751. The first kappa shape index (κ1) is 20.7. The Morgan fingerprint density at radius 1 is 1.36 bits per heavy atom. The van der Waals surface area contributed by atoms with E-state index in [9.17, 15) is 14.7 Å². The first-order chi connectivity index (χ1) is 13.6.